The van der Waals surface area contributed by atoms with Crippen LogP contribution in [-0.2, 0) is 19.1 Å². The molecule has 1 heterocycles. The molecule has 3 aliphatic rings. The molecule has 2 bridgehead atoms. The van der Waals surface area contributed by atoms with Crippen molar-refractivity contribution < 1.29 is 28.7 Å². The van der Waals surface area contributed by atoms with Gasteiger partial charge in [0, 0.05) is 10.0 Å². The van der Waals surface area contributed by atoms with Gasteiger partial charge in [0.05, 0.1) is 23.1 Å². The van der Waals surface area contributed by atoms with E-state index in [1.54, 1.807) is 36.4 Å². The quantitative estimate of drug-likeness (QED) is 0.255. The van der Waals surface area contributed by atoms with Crippen LogP contribution in [-0.4, -0.2) is 36.2 Å². The van der Waals surface area contributed by atoms with Gasteiger partial charge < -0.3 is 4.74 Å². The highest BCUT2D eigenvalue weighted by Crippen LogP contribution is 2.55. The van der Waals surface area contributed by atoms with E-state index in [1.165, 1.54) is 17.0 Å². The minimum absolute atomic E-state index is 0.0809. The van der Waals surface area contributed by atoms with E-state index < -0.39 is 24.4 Å². The number of anilines is 1. The molecule has 2 aromatic rings. The van der Waals surface area contributed by atoms with Gasteiger partial charge in [-0.1, -0.05) is 33.6 Å². The summed E-state index contributed by atoms with van der Waals surface area (Å²) >= 11 is 3.27. The van der Waals surface area contributed by atoms with Gasteiger partial charge in [-0.2, -0.15) is 0 Å². The summed E-state index contributed by atoms with van der Waals surface area (Å²) in [7, 11) is 0. The predicted octanol–water partition coefficient (Wildman–Crippen LogP) is 2.77. The summed E-state index contributed by atoms with van der Waals surface area (Å²) in [6.07, 6.45) is 2.94. The lowest BCUT2D eigenvalue weighted by molar-refractivity contribution is -0.125. The van der Waals surface area contributed by atoms with E-state index in [9.17, 15) is 24.0 Å². The van der Waals surface area contributed by atoms with Gasteiger partial charge in [0.25, 0.3) is 11.8 Å². The number of carbonyl (C=O) groups is 5. The molecule has 4 atom stereocenters. The molecule has 0 radical (unpaired) electrons. The van der Waals surface area contributed by atoms with Crippen molar-refractivity contribution >= 4 is 51.2 Å². The van der Waals surface area contributed by atoms with Crippen LogP contribution in [0.25, 0.3) is 0 Å². The monoisotopic (exact) mass is 551 g/mol. The Bertz CT molecular complexity index is 1320. The molecule has 184 valence electrons. The van der Waals surface area contributed by atoms with Gasteiger partial charge in [-0.05, 0) is 67.6 Å². The fourth-order valence-corrected chi connectivity index (χ4v) is 5.62. The molecule has 0 spiro atoms. The number of allylic oxidation sites excluding steroid dienone is 2. The van der Waals surface area contributed by atoms with Crippen LogP contribution in [0.15, 0.2) is 64.7 Å². The summed E-state index contributed by atoms with van der Waals surface area (Å²) in [6, 6.07) is 12.6. The third kappa shape index (κ3) is 4.21. The van der Waals surface area contributed by atoms with E-state index in [2.05, 4.69) is 32.9 Å². The number of esters is 1. The number of halogens is 1. The first-order valence-corrected chi connectivity index (χ1v) is 12.2. The lowest BCUT2D eigenvalue weighted by atomic mass is 9.82. The maximum absolute atomic E-state index is 13.1. The molecule has 10 heteroatoms. The van der Waals surface area contributed by atoms with E-state index in [-0.39, 0.29) is 41.0 Å². The maximum Gasteiger partial charge on any atom is 0.338 e. The van der Waals surface area contributed by atoms with Gasteiger partial charge in [0.2, 0.25) is 11.8 Å². The molecular formula is C26H22BrN3O6. The van der Waals surface area contributed by atoms with Crippen molar-refractivity contribution in [2.75, 3.05) is 11.5 Å². The summed E-state index contributed by atoms with van der Waals surface area (Å²) in [5.41, 5.74) is 6.31. The number of hydrazine groups is 1. The standard InChI is InChI=1S/C26H22BrN3O6/c1-13-9-16-11-19(13)22-21(16)24(33)30(25(22)34)18-4-2-3-15(10-18)26(35)36-12-20(31)28-29-23(32)14-5-7-17(27)8-6-14/h2-10,16,19,21-22H,11-12H2,1H3,(H,28,31)(H,29,32)/t16-,19+,21+,22-/m0/s1. The smallest absolute Gasteiger partial charge is 0.338 e. The zero-order valence-electron chi connectivity index (χ0n) is 19.2. The van der Waals surface area contributed by atoms with Gasteiger partial charge in [-0.15, -0.1) is 0 Å². The number of nitrogens with one attached hydrogen (secondary N) is 2. The summed E-state index contributed by atoms with van der Waals surface area (Å²) in [6.45, 7) is 1.37. The second kappa shape index (κ2) is 9.34. The molecule has 1 aliphatic heterocycles. The van der Waals surface area contributed by atoms with Gasteiger partial charge in [0.1, 0.15) is 0 Å². The van der Waals surface area contributed by atoms with Crippen LogP contribution < -0.4 is 15.8 Å². The molecule has 1 saturated carbocycles. The van der Waals surface area contributed by atoms with Gasteiger partial charge in [-0.3, -0.25) is 30.0 Å². The first kappa shape index (κ1) is 23.9. The summed E-state index contributed by atoms with van der Waals surface area (Å²) in [5, 5.41) is 0. The van der Waals surface area contributed by atoms with E-state index in [0.29, 0.717) is 11.3 Å². The van der Waals surface area contributed by atoms with Crippen molar-refractivity contribution in [3.05, 3.63) is 75.8 Å². The number of fused-ring (bicyclic) bond motifs is 5. The van der Waals surface area contributed by atoms with Crippen molar-refractivity contribution in [3.63, 3.8) is 0 Å². The molecule has 2 aliphatic carbocycles. The molecular weight excluding hydrogens is 530 g/mol. The first-order valence-electron chi connectivity index (χ1n) is 11.4. The molecule has 9 nitrogen and oxygen atoms in total. The number of imide groups is 1. The highest BCUT2D eigenvalue weighted by Gasteiger charge is 2.60. The largest absolute Gasteiger partial charge is 0.452 e. The fourth-order valence-electron chi connectivity index (χ4n) is 5.35. The molecule has 5 rings (SSSR count). The normalized spacial score (nSPS) is 23.8. The Morgan fingerprint density at radius 2 is 1.72 bits per heavy atom. The zero-order valence-corrected chi connectivity index (χ0v) is 20.8. The molecule has 4 amide bonds. The van der Waals surface area contributed by atoms with Gasteiger partial charge >= 0.3 is 5.97 Å². The SMILES string of the molecule is CC1=C[C@H]2C[C@H]1[C@@H]1C(=O)N(c3cccc(C(=O)OCC(=O)NNC(=O)c4ccc(Br)cc4)c3)C(=O)[C@@H]12. The number of rotatable bonds is 5. The topological polar surface area (TPSA) is 122 Å². The fraction of sp³-hybridized carbons (Fsp3) is 0.269. The molecule has 2 N–H and O–H groups in total. The highest BCUT2D eigenvalue weighted by molar-refractivity contribution is 9.10. The number of nitrogens with zero attached hydrogens (tertiary/aromatic N) is 1. The lowest BCUT2D eigenvalue weighted by Gasteiger charge is -2.19. The molecule has 36 heavy (non-hydrogen) atoms. The third-order valence-corrected chi connectivity index (χ3v) is 7.51. The Morgan fingerprint density at radius 1 is 1.00 bits per heavy atom. The van der Waals surface area contributed by atoms with Crippen LogP contribution in [0.4, 0.5) is 5.69 Å². The average molecular weight is 552 g/mol. The van der Waals surface area contributed by atoms with Crippen molar-refractivity contribution in [2.24, 2.45) is 23.7 Å². The summed E-state index contributed by atoms with van der Waals surface area (Å²) < 4.78 is 5.85. The first-order chi connectivity index (χ1) is 17.2. The second-order valence-corrected chi connectivity index (χ2v) is 10.0. The molecule has 0 aromatic heterocycles. The molecule has 2 fully saturated rings. The van der Waals surface area contributed by atoms with Crippen molar-refractivity contribution in [1.29, 1.82) is 0 Å². The molecule has 0 unspecified atom stereocenters. The van der Waals surface area contributed by atoms with E-state index in [0.717, 1.165) is 16.5 Å². The highest BCUT2D eigenvalue weighted by atomic mass is 79.9. The maximum atomic E-state index is 13.1. The van der Waals surface area contributed by atoms with Crippen LogP contribution in [0.3, 0.4) is 0 Å². The average Bonchev–Trinajstić information content (AvgIpc) is 3.51. The third-order valence-electron chi connectivity index (χ3n) is 6.98. The number of amides is 4. The van der Waals surface area contributed by atoms with Crippen LogP contribution >= 0.6 is 15.9 Å². The number of hydrogen-bond acceptors (Lipinski definition) is 6. The van der Waals surface area contributed by atoms with Crippen molar-refractivity contribution in [2.45, 2.75) is 13.3 Å². The number of benzene rings is 2. The van der Waals surface area contributed by atoms with Crippen molar-refractivity contribution in [3.8, 4) is 0 Å². The summed E-state index contributed by atoms with van der Waals surface area (Å²) in [4.78, 5) is 64.0. The van der Waals surface area contributed by atoms with Crippen LogP contribution in [0.1, 0.15) is 34.1 Å². The Balaban J connectivity index is 1.18. The van der Waals surface area contributed by atoms with Crippen LogP contribution in [0, 0.1) is 23.7 Å². The van der Waals surface area contributed by atoms with Crippen LogP contribution in [0.2, 0.25) is 0 Å². The minimum atomic E-state index is -0.803. The zero-order chi connectivity index (χ0) is 25.6. The lowest BCUT2D eigenvalue weighted by Crippen LogP contribution is -2.43. The van der Waals surface area contributed by atoms with E-state index in [1.807, 2.05) is 6.92 Å². The number of carbonyl (C=O) groups excluding carboxylic acids is 5. The molecule has 2 aromatic carbocycles. The number of hydrogen-bond donors (Lipinski definition) is 2. The predicted molar refractivity (Wildman–Crippen MR) is 131 cm³/mol. The van der Waals surface area contributed by atoms with E-state index >= 15 is 0 Å². The van der Waals surface area contributed by atoms with Gasteiger partial charge in [0.15, 0.2) is 6.61 Å². The van der Waals surface area contributed by atoms with Gasteiger partial charge in [-0.25, -0.2) is 9.69 Å². The molecule has 1 saturated heterocycles. The number of ether oxygens (including phenoxy) is 1. The Labute approximate surface area is 215 Å². The Morgan fingerprint density at radius 3 is 2.47 bits per heavy atom. The minimum Gasteiger partial charge on any atom is -0.452 e. The summed E-state index contributed by atoms with van der Waals surface area (Å²) in [5.74, 6) is -3.07. The Kier molecular flexibility index (Phi) is 6.21. The second-order valence-electron chi connectivity index (χ2n) is 9.12. The Hall–Kier alpha value is -3.79. The van der Waals surface area contributed by atoms with Crippen LogP contribution in [0.5, 0.6) is 0 Å². The van der Waals surface area contributed by atoms with Crippen molar-refractivity contribution in [1.82, 2.24) is 10.9 Å². The van der Waals surface area contributed by atoms with E-state index in [4.69, 9.17) is 4.74 Å².